The van der Waals surface area contributed by atoms with Crippen molar-refractivity contribution in [2.24, 2.45) is 0 Å². The van der Waals surface area contributed by atoms with E-state index in [1.165, 1.54) is 5.56 Å². The number of rotatable bonds is 4. The monoisotopic (exact) mass is 290 g/mol. The van der Waals surface area contributed by atoms with E-state index in [0.29, 0.717) is 12.0 Å². The van der Waals surface area contributed by atoms with Gasteiger partial charge >= 0.3 is 0 Å². The molecule has 4 heteroatoms. The van der Waals surface area contributed by atoms with Crippen LogP contribution in [0.2, 0.25) is 5.02 Å². The van der Waals surface area contributed by atoms with E-state index in [0.717, 1.165) is 29.5 Å². The van der Waals surface area contributed by atoms with Crippen LogP contribution >= 0.6 is 11.6 Å². The van der Waals surface area contributed by atoms with E-state index >= 15 is 0 Å². The van der Waals surface area contributed by atoms with Crippen LogP contribution in [-0.2, 0) is 0 Å². The first kappa shape index (κ1) is 13.7. The van der Waals surface area contributed by atoms with Crippen LogP contribution in [-0.4, -0.2) is 11.0 Å². The smallest absolute Gasteiger partial charge is 0.211 e. The lowest BCUT2D eigenvalue weighted by Gasteiger charge is -2.38. The lowest BCUT2D eigenvalue weighted by Crippen LogP contribution is -2.41. The van der Waals surface area contributed by atoms with Crippen LogP contribution in [0.4, 0.5) is 0 Å². The van der Waals surface area contributed by atoms with Gasteiger partial charge in [-0.15, -0.1) is 0 Å². The molecule has 1 heterocycles. The second-order valence-corrected chi connectivity index (χ2v) is 5.99. The molecule has 2 aromatic rings. The molecule has 106 valence electrons. The highest BCUT2D eigenvalue weighted by atomic mass is 35.5. The zero-order chi connectivity index (χ0) is 14.1. The first-order valence-electron chi connectivity index (χ1n) is 7.06. The van der Waals surface area contributed by atoms with Crippen LogP contribution in [0.3, 0.4) is 0 Å². The van der Waals surface area contributed by atoms with E-state index in [9.17, 15) is 0 Å². The van der Waals surface area contributed by atoms with Crippen molar-refractivity contribution in [3.8, 4) is 0 Å². The number of benzene rings is 1. The number of nitrogens with zero attached hydrogens (tertiary/aromatic N) is 1. The van der Waals surface area contributed by atoms with Crippen molar-refractivity contribution in [3.63, 3.8) is 0 Å². The van der Waals surface area contributed by atoms with Gasteiger partial charge in [-0.2, -0.15) is 0 Å². The van der Waals surface area contributed by atoms with Crippen LogP contribution in [0, 0.1) is 6.92 Å². The Morgan fingerprint density at radius 1 is 1.35 bits per heavy atom. The summed E-state index contributed by atoms with van der Waals surface area (Å²) < 4.78 is 5.55. The summed E-state index contributed by atoms with van der Waals surface area (Å²) >= 11 is 6.24. The average molecular weight is 291 g/mol. The van der Waals surface area contributed by atoms with Crippen molar-refractivity contribution >= 4 is 11.6 Å². The maximum absolute atomic E-state index is 6.24. The van der Waals surface area contributed by atoms with Crippen LogP contribution in [0.5, 0.6) is 0 Å². The molecule has 0 aliphatic heterocycles. The largest absolute Gasteiger partial charge is 0.444 e. The van der Waals surface area contributed by atoms with Gasteiger partial charge in [0.1, 0.15) is 5.76 Å². The molecule has 1 N–H and O–H groups in total. The minimum absolute atomic E-state index is 0.154. The van der Waals surface area contributed by atoms with E-state index in [-0.39, 0.29) is 6.04 Å². The molecule has 1 unspecified atom stereocenters. The van der Waals surface area contributed by atoms with Crippen molar-refractivity contribution in [2.45, 2.75) is 44.7 Å². The number of aromatic nitrogens is 1. The Morgan fingerprint density at radius 3 is 2.75 bits per heavy atom. The molecule has 3 rings (SSSR count). The molecule has 1 aromatic heterocycles. The Bertz CT molecular complexity index is 590. The number of oxazole rings is 1. The first-order valence-corrected chi connectivity index (χ1v) is 7.44. The maximum Gasteiger partial charge on any atom is 0.211 e. The topological polar surface area (TPSA) is 38.1 Å². The lowest BCUT2D eigenvalue weighted by molar-refractivity contribution is 0.254. The molecule has 3 nitrogen and oxygen atoms in total. The summed E-state index contributed by atoms with van der Waals surface area (Å²) in [7, 11) is 0. The summed E-state index contributed by atoms with van der Waals surface area (Å²) in [5.41, 5.74) is 1.27. The summed E-state index contributed by atoms with van der Waals surface area (Å²) in [6.45, 7) is 4.01. The molecule has 0 bridgehead atoms. The first-order chi connectivity index (χ1) is 9.63. The van der Waals surface area contributed by atoms with Crippen LogP contribution in [0.15, 0.2) is 34.9 Å². The molecule has 0 saturated heterocycles. The fourth-order valence-electron chi connectivity index (χ4n) is 2.81. The van der Waals surface area contributed by atoms with Gasteiger partial charge in [0.25, 0.3) is 0 Å². The van der Waals surface area contributed by atoms with Gasteiger partial charge in [-0.3, -0.25) is 0 Å². The summed E-state index contributed by atoms with van der Waals surface area (Å²) in [4.78, 5) is 4.27. The van der Waals surface area contributed by atoms with Crippen molar-refractivity contribution in [1.82, 2.24) is 10.3 Å². The second-order valence-electron chi connectivity index (χ2n) is 5.58. The predicted molar refractivity (Wildman–Crippen MR) is 80.0 cm³/mol. The SMILES string of the molecule is Cc1cnc(C(C)NC2CC(c3ccccc3Cl)C2)o1. The van der Waals surface area contributed by atoms with Crippen LogP contribution in [0.1, 0.15) is 48.9 Å². The molecule has 0 spiro atoms. The van der Waals surface area contributed by atoms with Gasteiger partial charge in [-0.1, -0.05) is 29.8 Å². The molecule has 20 heavy (non-hydrogen) atoms. The number of hydrogen-bond donors (Lipinski definition) is 1. The third-order valence-corrected chi connectivity index (χ3v) is 4.32. The van der Waals surface area contributed by atoms with E-state index in [4.69, 9.17) is 16.0 Å². The van der Waals surface area contributed by atoms with Crippen molar-refractivity contribution in [1.29, 1.82) is 0 Å². The van der Waals surface area contributed by atoms with Crippen LogP contribution < -0.4 is 5.32 Å². The fourth-order valence-corrected chi connectivity index (χ4v) is 3.10. The van der Waals surface area contributed by atoms with E-state index in [1.54, 1.807) is 6.20 Å². The van der Waals surface area contributed by atoms with Crippen molar-refractivity contribution in [3.05, 3.63) is 52.7 Å². The normalized spacial score (nSPS) is 23.4. The van der Waals surface area contributed by atoms with Gasteiger partial charge in [0.05, 0.1) is 12.2 Å². The van der Waals surface area contributed by atoms with Gasteiger partial charge in [0, 0.05) is 11.1 Å². The number of halogens is 1. The molecular formula is C16H19ClN2O. The Morgan fingerprint density at radius 2 is 2.10 bits per heavy atom. The third kappa shape index (κ3) is 2.74. The Hall–Kier alpha value is -1.32. The predicted octanol–water partition coefficient (Wildman–Crippen LogP) is 4.23. The zero-order valence-corrected chi connectivity index (χ0v) is 12.5. The summed E-state index contributed by atoms with van der Waals surface area (Å²) in [6.07, 6.45) is 4.00. The van der Waals surface area contributed by atoms with Crippen molar-refractivity contribution < 1.29 is 4.42 Å². The highest BCUT2D eigenvalue weighted by Gasteiger charge is 2.32. The molecule has 1 aliphatic carbocycles. The Kier molecular flexibility index (Phi) is 3.81. The zero-order valence-electron chi connectivity index (χ0n) is 11.8. The number of nitrogens with one attached hydrogen (secondary N) is 1. The number of hydrogen-bond acceptors (Lipinski definition) is 3. The minimum atomic E-state index is 0.154. The van der Waals surface area contributed by atoms with Crippen molar-refractivity contribution in [2.75, 3.05) is 0 Å². The summed E-state index contributed by atoms with van der Waals surface area (Å²) in [6, 6.07) is 8.80. The van der Waals surface area contributed by atoms with Gasteiger partial charge in [-0.05, 0) is 44.2 Å². The van der Waals surface area contributed by atoms with Gasteiger partial charge in [0.2, 0.25) is 5.89 Å². The molecule has 0 amide bonds. The Balaban J connectivity index is 1.55. The quantitative estimate of drug-likeness (QED) is 0.915. The molecular weight excluding hydrogens is 272 g/mol. The average Bonchev–Trinajstić information content (AvgIpc) is 2.81. The highest BCUT2D eigenvalue weighted by molar-refractivity contribution is 6.31. The minimum Gasteiger partial charge on any atom is -0.444 e. The van der Waals surface area contributed by atoms with Crippen LogP contribution in [0.25, 0.3) is 0 Å². The van der Waals surface area contributed by atoms with E-state index < -0.39 is 0 Å². The lowest BCUT2D eigenvalue weighted by atomic mass is 9.75. The van der Waals surface area contributed by atoms with Gasteiger partial charge in [-0.25, -0.2) is 4.98 Å². The fraction of sp³-hybridized carbons (Fsp3) is 0.438. The Labute approximate surface area is 124 Å². The maximum atomic E-state index is 6.24. The second kappa shape index (κ2) is 5.58. The third-order valence-electron chi connectivity index (χ3n) is 3.98. The van der Waals surface area contributed by atoms with E-state index in [2.05, 4.69) is 29.4 Å². The van der Waals surface area contributed by atoms with Gasteiger partial charge < -0.3 is 9.73 Å². The standard InChI is InChI=1S/C16H19ClN2O/c1-10-9-18-16(20-10)11(2)19-13-7-12(8-13)14-5-3-4-6-15(14)17/h3-6,9,11-13,19H,7-8H2,1-2H3. The molecule has 0 radical (unpaired) electrons. The molecule has 1 atom stereocenters. The molecule has 1 aliphatic rings. The summed E-state index contributed by atoms with van der Waals surface area (Å²) in [5.74, 6) is 2.19. The highest BCUT2D eigenvalue weighted by Crippen LogP contribution is 2.40. The van der Waals surface area contributed by atoms with Gasteiger partial charge in [0.15, 0.2) is 0 Å². The molecule has 1 saturated carbocycles. The molecule has 1 aromatic carbocycles. The number of aryl methyl sites for hydroxylation is 1. The van der Waals surface area contributed by atoms with E-state index in [1.807, 2.05) is 19.1 Å². The summed E-state index contributed by atoms with van der Waals surface area (Å²) in [5, 5.41) is 4.45. The molecule has 1 fully saturated rings.